The third-order valence-electron chi connectivity index (χ3n) is 4.64. The van der Waals surface area contributed by atoms with Gasteiger partial charge in [0.2, 0.25) is 5.90 Å². The molecule has 142 valence electrons. The van der Waals surface area contributed by atoms with Crippen molar-refractivity contribution in [2.24, 2.45) is 10.9 Å². The Kier molecular flexibility index (Phi) is 5.42. The van der Waals surface area contributed by atoms with Crippen LogP contribution in [0.25, 0.3) is 0 Å². The Hall–Kier alpha value is -3.48. The van der Waals surface area contributed by atoms with E-state index in [0.29, 0.717) is 36.7 Å². The van der Waals surface area contributed by atoms with Crippen LogP contribution in [0.2, 0.25) is 0 Å². The Morgan fingerprint density at radius 2 is 2.21 bits per heavy atom. The summed E-state index contributed by atoms with van der Waals surface area (Å²) in [6, 6.07) is 9.94. The van der Waals surface area contributed by atoms with Gasteiger partial charge in [-0.2, -0.15) is 4.99 Å². The number of nitrogens with zero attached hydrogens (tertiary/aromatic N) is 3. The van der Waals surface area contributed by atoms with E-state index in [9.17, 15) is 0 Å². The van der Waals surface area contributed by atoms with Crippen molar-refractivity contribution in [3.63, 3.8) is 0 Å². The highest BCUT2D eigenvalue weighted by Gasteiger charge is 2.40. The van der Waals surface area contributed by atoms with Gasteiger partial charge in [0.25, 0.3) is 0 Å². The number of aliphatic imine (C=N–C) groups is 1. The van der Waals surface area contributed by atoms with E-state index in [-0.39, 0.29) is 0 Å². The third kappa shape index (κ3) is 4.62. The Labute approximate surface area is 163 Å². The standard InChI is InChI=1S/C21H22N6O/c22-7-6-19-26-20(25-13-15-4-3-8-23-12-15)11-21(27-19)28-14-16-10-17(16)18-5-1-2-9-24-18/h1-9,11-12,16-17,22,25-26H,10,13-14H2/b19-6+,22-7?/t16-,17+/m1/s1. The summed E-state index contributed by atoms with van der Waals surface area (Å²) in [7, 11) is 0. The van der Waals surface area contributed by atoms with E-state index in [1.54, 1.807) is 12.3 Å². The largest absolute Gasteiger partial charge is 0.477 e. The summed E-state index contributed by atoms with van der Waals surface area (Å²) < 4.78 is 5.96. The van der Waals surface area contributed by atoms with Gasteiger partial charge in [-0.15, -0.1) is 0 Å². The maximum atomic E-state index is 7.30. The van der Waals surface area contributed by atoms with E-state index in [0.717, 1.165) is 23.5 Å². The van der Waals surface area contributed by atoms with Crippen molar-refractivity contribution in [2.45, 2.75) is 18.9 Å². The fraction of sp³-hybridized carbons (Fsp3) is 0.238. The first-order valence-electron chi connectivity index (χ1n) is 9.26. The van der Waals surface area contributed by atoms with Crippen molar-refractivity contribution in [1.29, 1.82) is 5.41 Å². The minimum atomic E-state index is 0.461. The average Bonchev–Trinajstić information content (AvgIpc) is 3.52. The molecule has 0 aromatic carbocycles. The van der Waals surface area contributed by atoms with E-state index < -0.39 is 0 Å². The molecule has 2 aromatic rings. The zero-order valence-corrected chi connectivity index (χ0v) is 15.4. The average molecular weight is 374 g/mol. The molecule has 1 saturated carbocycles. The molecule has 2 atom stereocenters. The minimum absolute atomic E-state index is 0.461. The molecule has 1 aliphatic heterocycles. The maximum Gasteiger partial charge on any atom is 0.218 e. The molecular weight excluding hydrogens is 352 g/mol. The highest BCUT2D eigenvalue weighted by molar-refractivity contribution is 5.90. The number of pyridine rings is 2. The molecule has 0 radical (unpaired) electrons. The molecule has 7 heteroatoms. The summed E-state index contributed by atoms with van der Waals surface area (Å²) in [6.07, 6.45) is 11.1. The SMILES string of the molecule is N=C/C=C1/N=C(OC[C@H]2C[C@@H]2c2ccccn2)C=C(NCc2cccnc2)N1. The number of aromatic nitrogens is 2. The lowest BCUT2D eigenvalue weighted by Crippen LogP contribution is -2.30. The molecule has 3 N–H and O–H groups in total. The van der Waals surface area contributed by atoms with Gasteiger partial charge in [-0.25, -0.2) is 0 Å². The van der Waals surface area contributed by atoms with Crippen LogP contribution in [0.4, 0.5) is 0 Å². The van der Waals surface area contributed by atoms with Crippen molar-refractivity contribution in [3.8, 4) is 0 Å². The summed E-state index contributed by atoms with van der Waals surface area (Å²) >= 11 is 0. The van der Waals surface area contributed by atoms with Crippen molar-refractivity contribution in [3.05, 3.63) is 84.0 Å². The van der Waals surface area contributed by atoms with Gasteiger partial charge < -0.3 is 20.8 Å². The zero-order valence-electron chi connectivity index (χ0n) is 15.4. The highest BCUT2D eigenvalue weighted by atomic mass is 16.5. The van der Waals surface area contributed by atoms with Crippen molar-refractivity contribution in [2.75, 3.05) is 6.61 Å². The Balaban J connectivity index is 1.36. The van der Waals surface area contributed by atoms with Gasteiger partial charge in [0.1, 0.15) is 11.6 Å². The van der Waals surface area contributed by atoms with Crippen LogP contribution in [0.3, 0.4) is 0 Å². The molecule has 0 amide bonds. The Bertz CT molecular complexity index is 907. The molecular formula is C21H22N6O. The second-order valence-corrected chi connectivity index (χ2v) is 6.73. The number of hydrogen-bond acceptors (Lipinski definition) is 7. The summed E-state index contributed by atoms with van der Waals surface area (Å²) in [5, 5.41) is 13.8. The van der Waals surface area contributed by atoms with E-state index in [1.165, 1.54) is 6.21 Å². The molecule has 3 heterocycles. The number of allylic oxidation sites excluding steroid dienone is 1. The molecule has 1 aliphatic carbocycles. The van der Waals surface area contributed by atoms with Gasteiger partial charge in [0.15, 0.2) is 0 Å². The summed E-state index contributed by atoms with van der Waals surface area (Å²) in [5.74, 6) is 2.81. The van der Waals surface area contributed by atoms with Crippen LogP contribution >= 0.6 is 0 Å². The van der Waals surface area contributed by atoms with Gasteiger partial charge in [0.05, 0.1) is 6.61 Å². The van der Waals surface area contributed by atoms with E-state index >= 15 is 0 Å². The minimum Gasteiger partial charge on any atom is -0.477 e. The molecule has 1 fully saturated rings. The fourth-order valence-corrected chi connectivity index (χ4v) is 3.09. The van der Waals surface area contributed by atoms with Gasteiger partial charge >= 0.3 is 0 Å². The quantitative estimate of drug-likeness (QED) is 0.648. The van der Waals surface area contributed by atoms with Gasteiger partial charge in [-0.1, -0.05) is 12.1 Å². The molecule has 4 rings (SSSR count). The summed E-state index contributed by atoms with van der Waals surface area (Å²) in [6.45, 7) is 1.23. The zero-order chi connectivity index (χ0) is 19.2. The molecule has 2 aromatic heterocycles. The van der Waals surface area contributed by atoms with Gasteiger partial charge in [-0.05, 0) is 36.3 Å². The lowest BCUT2D eigenvalue weighted by Gasteiger charge is -2.19. The number of hydrogen-bond donors (Lipinski definition) is 3. The normalized spacial score (nSPS) is 21.9. The van der Waals surface area contributed by atoms with Crippen molar-refractivity contribution < 1.29 is 4.74 Å². The molecule has 2 aliphatic rings. The number of ether oxygens (including phenoxy) is 1. The fourth-order valence-electron chi connectivity index (χ4n) is 3.09. The topological polar surface area (TPSA) is 95.3 Å². The number of nitrogens with one attached hydrogen (secondary N) is 3. The lowest BCUT2D eigenvalue weighted by atomic mass is 10.2. The monoisotopic (exact) mass is 374 g/mol. The van der Waals surface area contributed by atoms with Crippen LogP contribution in [0.1, 0.15) is 23.6 Å². The second kappa shape index (κ2) is 8.47. The molecule has 28 heavy (non-hydrogen) atoms. The second-order valence-electron chi connectivity index (χ2n) is 6.73. The molecule has 0 unspecified atom stereocenters. The van der Waals surface area contributed by atoms with Crippen LogP contribution in [0.5, 0.6) is 0 Å². The molecule has 0 spiro atoms. The first-order chi connectivity index (χ1) is 13.8. The van der Waals surface area contributed by atoms with Crippen LogP contribution in [-0.4, -0.2) is 28.7 Å². The lowest BCUT2D eigenvalue weighted by molar-refractivity contribution is 0.284. The first kappa shape index (κ1) is 17.9. The Morgan fingerprint density at radius 1 is 1.25 bits per heavy atom. The van der Waals surface area contributed by atoms with Crippen LogP contribution in [0.15, 0.2) is 77.7 Å². The highest BCUT2D eigenvalue weighted by Crippen LogP contribution is 2.46. The number of rotatable bonds is 7. The smallest absolute Gasteiger partial charge is 0.218 e. The molecule has 7 nitrogen and oxygen atoms in total. The van der Waals surface area contributed by atoms with Crippen molar-refractivity contribution in [1.82, 2.24) is 20.6 Å². The van der Waals surface area contributed by atoms with Crippen LogP contribution in [-0.2, 0) is 11.3 Å². The van der Waals surface area contributed by atoms with E-state index in [2.05, 4.69) is 31.7 Å². The molecule has 0 saturated heterocycles. The summed E-state index contributed by atoms with van der Waals surface area (Å²) in [4.78, 5) is 13.0. The maximum absolute atomic E-state index is 7.30. The predicted molar refractivity (Wildman–Crippen MR) is 108 cm³/mol. The summed E-state index contributed by atoms with van der Waals surface area (Å²) in [5.41, 5.74) is 2.20. The molecule has 0 bridgehead atoms. The third-order valence-corrected chi connectivity index (χ3v) is 4.64. The van der Waals surface area contributed by atoms with Gasteiger partial charge in [0, 0.05) is 55.0 Å². The van der Waals surface area contributed by atoms with E-state index in [4.69, 9.17) is 10.1 Å². The van der Waals surface area contributed by atoms with Gasteiger partial charge in [-0.3, -0.25) is 9.97 Å². The first-order valence-corrected chi connectivity index (χ1v) is 9.26. The Morgan fingerprint density at radius 3 is 3.00 bits per heavy atom. The predicted octanol–water partition coefficient (Wildman–Crippen LogP) is 2.72. The van der Waals surface area contributed by atoms with Crippen molar-refractivity contribution >= 4 is 12.1 Å². The van der Waals surface area contributed by atoms with Crippen LogP contribution in [0, 0.1) is 11.3 Å². The van der Waals surface area contributed by atoms with Crippen LogP contribution < -0.4 is 10.6 Å². The van der Waals surface area contributed by atoms with E-state index in [1.807, 2.05) is 42.7 Å².